The maximum absolute atomic E-state index is 3.54. The molecule has 1 aliphatic rings. The maximum atomic E-state index is 3.54. The van der Waals surface area contributed by atoms with Crippen LogP contribution in [-0.4, -0.2) is 0 Å². The summed E-state index contributed by atoms with van der Waals surface area (Å²) in [6, 6.07) is 26.2. The zero-order valence-electron chi connectivity index (χ0n) is 11.8. The summed E-state index contributed by atoms with van der Waals surface area (Å²) >= 11 is 3.54. The van der Waals surface area contributed by atoms with Gasteiger partial charge in [0.25, 0.3) is 0 Å². The smallest absolute Gasteiger partial charge is 0.0435 e. The highest BCUT2D eigenvalue weighted by Gasteiger charge is 2.40. The van der Waals surface area contributed by atoms with Crippen LogP contribution in [0.2, 0.25) is 0 Å². The molecular formula is C20H15Br. The number of benzene rings is 3. The van der Waals surface area contributed by atoms with Gasteiger partial charge in [0, 0.05) is 9.89 Å². The molecule has 4 rings (SSSR count). The molecule has 1 heteroatoms. The van der Waals surface area contributed by atoms with Crippen LogP contribution >= 0.6 is 15.9 Å². The molecule has 0 atom stereocenters. The Labute approximate surface area is 133 Å². The van der Waals surface area contributed by atoms with Gasteiger partial charge >= 0.3 is 0 Å². The minimum Gasteiger partial charge on any atom is -0.0619 e. The van der Waals surface area contributed by atoms with Crippen molar-refractivity contribution in [3.63, 3.8) is 0 Å². The molecule has 0 unspecified atom stereocenters. The molecule has 1 aliphatic carbocycles. The lowest BCUT2D eigenvalue weighted by molar-refractivity contribution is 0.713. The molecule has 0 nitrogen and oxygen atoms in total. The summed E-state index contributed by atoms with van der Waals surface area (Å²) in [4.78, 5) is 0. The van der Waals surface area contributed by atoms with E-state index in [9.17, 15) is 0 Å². The first-order chi connectivity index (χ1) is 10.2. The monoisotopic (exact) mass is 334 g/mol. The molecule has 21 heavy (non-hydrogen) atoms. The molecule has 3 aromatic rings. The number of hydrogen-bond donors (Lipinski definition) is 0. The lowest BCUT2D eigenvalue weighted by Gasteiger charge is -2.28. The standard InChI is InChI=1S/C20H15Br/c1-20(14-10-12-15(21)13-11-14)18-8-4-2-6-16(18)17-7-3-5-9-19(17)20/h2-13H,1H3. The molecule has 0 radical (unpaired) electrons. The number of fused-ring (bicyclic) bond motifs is 3. The lowest BCUT2D eigenvalue weighted by atomic mass is 9.74. The van der Waals surface area contributed by atoms with Gasteiger partial charge in [-0.15, -0.1) is 0 Å². The summed E-state index contributed by atoms with van der Waals surface area (Å²) in [6.07, 6.45) is 0. The summed E-state index contributed by atoms with van der Waals surface area (Å²) in [6.45, 7) is 2.33. The first kappa shape index (κ1) is 12.8. The van der Waals surface area contributed by atoms with Crippen molar-refractivity contribution in [2.75, 3.05) is 0 Å². The highest BCUT2D eigenvalue weighted by molar-refractivity contribution is 9.10. The molecule has 0 saturated heterocycles. The fraction of sp³-hybridized carbons (Fsp3) is 0.100. The van der Waals surface area contributed by atoms with E-state index < -0.39 is 0 Å². The normalized spacial score (nSPS) is 14.6. The second-order valence-electron chi connectivity index (χ2n) is 5.72. The molecule has 3 aromatic carbocycles. The van der Waals surface area contributed by atoms with Crippen LogP contribution in [0.5, 0.6) is 0 Å². The van der Waals surface area contributed by atoms with E-state index in [2.05, 4.69) is 95.7 Å². The van der Waals surface area contributed by atoms with Gasteiger partial charge in [-0.1, -0.05) is 76.6 Å². The maximum Gasteiger partial charge on any atom is 0.0435 e. The van der Waals surface area contributed by atoms with Crippen LogP contribution in [0.25, 0.3) is 11.1 Å². The highest BCUT2D eigenvalue weighted by atomic mass is 79.9. The van der Waals surface area contributed by atoms with E-state index in [1.54, 1.807) is 0 Å². The average molecular weight is 335 g/mol. The first-order valence-electron chi connectivity index (χ1n) is 7.17. The van der Waals surface area contributed by atoms with Gasteiger partial charge in [-0.25, -0.2) is 0 Å². The predicted octanol–water partition coefficient (Wildman–Crippen LogP) is 5.78. The third-order valence-electron chi connectivity index (χ3n) is 4.64. The molecular weight excluding hydrogens is 320 g/mol. The second-order valence-corrected chi connectivity index (χ2v) is 6.64. The van der Waals surface area contributed by atoms with Gasteiger partial charge in [0.2, 0.25) is 0 Å². The van der Waals surface area contributed by atoms with Gasteiger partial charge in [0.1, 0.15) is 0 Å². The van der Waals surface area contributed by atoms with E-state index in [0.29, 0.717) is 0 Å². The van der Waals surface area contributed by atoms with Crippen molar-refractivity contribution in [2.45, 2.75) is 12.3 Å². The van der Waals surface area contributed by atoms with Gasteiger partial charge in [0.15, 0.2) is 0 Å². The molecule has 0 saturated carbocycles. The lowest BCUT2D eigenvalue weighted by Crippen LogP contribution is -2.22. The SMILES string of the molecule is CC1(c2ccc(Br)cc2)c2ccccc2-c2ccccc21. The fourth-order valence-electron chi connectivity index (χ4n) is 3.55. The molecule has 0 aromatic heterocycles. The Morgan fingerprint density at radius 1 is 0.667 bits per heavy atom. The zero-order chi connectivity index (χ0) is 14.4. The van der Waals surface area contributed by atoms with Crippen molar-refractivity contribution in [3.8, 4) is 11.1 Å². The third-order valence-corrected chi connectivity index (χ3v) is 5.17. The van der Waals surface area contributed by atoms with E-state index in [1.807, 2.05) is 0 Å². The third kappa shape index (κ3) is 1.74. The van der Waals surface area contributed by atoms with Gasteiger partial charge in [-0.3, -0.25) is 0 Å². The molecule has 0 N–H and O–H groups in total. The van der Waals surface area contributed by atoms with Gasteiger partial charge in [-0.2, -0.15) is 0 Å². The van der Waals surface area contributed by atoms with E-state index in [-0.39, 0.29) is 5.41 Å². The zero-order valence-corrected chi connectivity index (χ0v) is 13.4. The van der Waals surface area contributed by atoms with E-state index in [4.69, 9.17) is 0 Å². The van der Waals surface area contributed by atoms with Crippen LogP contribution in [-0.2, 0) is 5.41 Å². The second kappa shape index (κ2) is 4.57. The Kier molecular flexibility index (Phi) is 2.80. The van der Waals surface area contributed by atoms with Gasteiger partial charge < -0.3 is 0 Å². The van der Waals surface area contributed by atoms with Crippen molar-refractivity contribution in [1.29, 1.82) is 0 Å². The molecule has 0 aliphatic heterocycles. The van der Waals surface area contributed by atoms with Crippen molar-refractivity contribution >= 4 is 15.9 Å². The van der Waals surface area contributed by atoms with Crippen molar-refractivity contribution < 1.29 is 0 Å². The van der Waals surface area contributed by atoms with Crippen molar-refractivity contribution in [2.24, 2.45) is 0 Å². The Bertz CT molecular complexity index is 770. The van der Waals surface area contributed by atoms with Gasteiger partial charge in [-0.05, 0) is 46.9 Å². The summed E-state index contributed by atoms with van der Waals surface area (Å²) < 4.78 is 1.12. The minimum absolute atomic E-state index is 0.0755. The van der Waals surface area contributed by atoms with E-state index >= 15 is 0 Å². The topological polar surface area (TPSA) is 0 Å². The summed E-state index contributed by atoms with van der Waals surface area (Å²) in [5.74, 6) is 0. The van der Waals surface area contributed by atoms with E-state index in [1.165, 1.54) is 27.8 Å². The van der Waals surface area contributed by atoms with Crippen LogP contribution in [0.4, 0.5) is 0 Å². The van der Waals surface area contributed by atoms with E-state index in [0.717, 1.165) is 4.47 Å². The molecule has 0 spiro atoms. The molecule has 0 amide bonds. The Morgan fingerprint density at radius 2 is 1.14 bits per heavy atom. The van der Waals surface area contributed by atoms with Crippen LogP contribution < -0.4 is 0 Å². The van der Waals surface area contributed by atoms with Crippen molar-refractivity contribution in [3.05, 3.63) is 94.0 Å². The van der Waals surface area contributed by atoms with Crippen LogP contribution in [0.3, 0.4) is 0 Å². The van der Waals surface area contributed by atoms with Gasteiger partial charge in [0.05, 0.1) is 0 Å². The fourth-order valence-corrected chi connectivity index (χ4v) is 3.81. The Morgan fingerprint density at radius 3 is 1.67 bits per heavy atom. The number of hydrogen-bond acceptors (Lipinski definition) is 0. The molecule has 0 heterocycles. The van der Waals surface area contributed by atoms with Crippen LogP contribution in [0, 0.1) is 0 Å². The largest absolute Gasteiger partial charge is 0.0619 e. The Balaban J connectivity index is 2.06. The number of rotatable bonds is 1. The van der Waals surface area contributed by atoms with Crippen LogP contribution in [0.1, 0.15) is 23.6 Å². The predicted molar refractivity (Wildman–Crippen MR) is 91.6 cm³/mol. The molecule has 0 bridgehead atoms. The molecule has 102 valence electrons. The minimum atomic E-state index is -0.0755. The summed E-state index contributed by atoms with van der Waals surface area (Å²) in [5, 5.41) is 0. The average Bonchev–Trinajstić information content (AvgIpc) is 2.80. The number of halogens is 1. The highest BCUT2D eigenvalue weighted by Crippen LogP contribution is 2.52. The Hall–Kier alpha value is -1.86. The summed E-state index contributed by atoms with van der Waals surface area (Å²) in [5.41, 5.74) is 6.77. The first-order valence-corrected chi connectivity index (χ1v) is 7.96. The van der Waals surface area contributed by atoms with Crippen molar-refractivity contribution in [1.82, 2.24) is 0 Å². The summed E-state index contributed by atoms with van der Waals surface area (Å²) in [7, 11) is 0. The quantitative estimate of drug-likeness (QED) is 0.528. The van der Waals surface area contributed by atoms with Crippen LogP contribution in [0.15, 0.2) is 77.3 Å². The molecule has 0 fully saturated rings.